The highest BCUT2D eigenvalue weighted by Gasteiger charge is 2.29. The summed E-state index contributed by atoms with van der Waals surface area (Å²) in [5.41, 5.74) is 6.05. The first-order chi connectivity index (χ1) is 16.8. The zero-order valence-electron chi connectivity index (χ0n) is 19.5. The van der Waals surface area contributed by atoms with Gasteiger partial charge in [-0.2, -0.15) is 5.26 Å². The van der Waals surface area contributed by atoms with Crippen LogP contribution in [0.25, 0.3) is 11.3 Å². The van der Waals surface area contributed by atoms with Crippen LogP contribution in [0.1, 0.15) is 34.4 Å². The highest BCUT2D eigenvalue weighted by Crippen LogP contribution is 2.38. The Kier molecular flexibility index (Phi) is 6.90. The number of amides is 1. The topological polar surface area (TPSA) is 118 Å². The number of carboxylic acids is 1. The third kappa shape index (κ3) is 5.54. The number of carboxylic acid groups (broad SMARTS) is 1. The molecule has 0 saturated heterocycles. The second-order valence-electron chi connectivity index (χ2n) is 8.57. The maximum atomic E-state index is 13.1. The lowest BCUT2D eigenvalue weighted by atomic mass is 9.99. The second-order valence-corrected chi connectivity index (χ2v) is 8.57. The average Bonchev–Trinajstić information content (AvgIpc) is 3.17. The molecule has 0 bridgehead atoms. The number of pyridine rings is 1. The zero-order chi connectivity index (χ0) is 24.9. The van der Waals surface area contributed by atoms with Crippen molar-refractivity contribution in [2.24, 2.45) is 0 Å². The normalized spacial score (nSPS) is 13.7. The molecule has 0 saturated carbocycles. The van der Waals surface area contributed by atoms with E-state index < -0.39 is 5.97 Å². The van der Waals surface area contributed by atoms with E-state index in [-0.39, 0.29) is 12.3 Å². The molecule has 2 aromatic carbocycles. The quantitative estimate of drug-likeness (QED) is 0.429. The van der Waals surface area contributed by atoms with Crippen LogP contribution in [0.2, 0.25) is 0 Å². The molecule has 3 N–H and O–H groups in total. The summed E-state index contributed by atoms with van der Waals surface area (Å²) in [5, 5.41) is 24.4. The van der Waals surface area contributed by atoms with Crippen molar-refractivity contribution < 1.29 is 14.7 Å². The number of nitrogens with one attached hydrogen (secondary N) is 2. The van der Waals surface area contributed by atoms with Gasteiger partial charge in [-0.1, -0.05) is 18.2 Å². The van der Waals surface area contributed by atoms with E-state index in [1.165, 1.54) is 0 Å². The van der Waals surface area contributed by atoms with E-state index in [1.54, 1.807) is 30.5 Å². The Labute approximate surface area is 203 Å². The molecule has 0 fully saturated rings. The summed E-state index contributed by atoms with van der Waals surface area (Å²) >= 11 is 0. The van der Waals surface area contributed by atoms with Crippen LogP contribution in [0.3, 0.4) is 0 Å². The Morgan fingerprint density at radius 1 is 1.14 bits per heavy atom. The summed E-state index contributed by atoms with van der Waals surface area (Å²) in [5.74, 6) is -1.16. The van der Waals surface area contributed by atoms with Crippen molar-refractivity contribution in [3.05, 3.63) is 88.7 Å². The van der Waals surface area contributed by atoms with E-state index in [0.29, 0.717) is 45.8 Å². The maximum absolute atomic E-state index is 13.1. The highest BCUT2D eigenvalue weighted by atomic mass is 16.4. The summed E-state index contributed by atoms with van der Waals surface area (Å²) in [6, 6.07) is 18.8. The summed E-state index contributed by atoms with van der Waals surface area (Å²) in [6.07, 6.45) is 1.96. The van der Waals surface area contributed by atoms with Gasteiger partial charge in [0.05, 0.1) is 35.0 Å². The lowest BCUT2D eigenvalue weighted by Crippen LogP contribution is -2.11. The van der Waals surface area contributed by atoms with E-state index in [1.807, 2.05) is 44.4 Å². The molecule has 0 unspecified atom stereocenters. The number of fused-ring (bicyclic) bond motifs is 1. The fourth-order valence-electron chi connectivity index (χ4n) is 3.93. The van der Waals surface area contributed by atoms with Gasteiger partial charge >= 0.3 is 5.97 Å². The molecule has 3 aromatic rings. The number of hydrogen-bond acceptors (Lipinski definition) is 6. The number of benzene rings is 2. The number of nitrogens with zero attached hydrogens (tertiary/aromatic N) is 3. The van der Waals surface area contributed by atoms with Crippen molar-refractivity contribution in [2.75, 3.05) is 24.7 Å². The smallest absolute Gasteiger partial charge is 0.303 e. The highest BCUT2D eigenvalue weighted by molar-refractivity contribution is 6.37. The van der Waals surface area contributed by atoms with Gasteiger partial charge in [-0.15, -0.1) is 0 Å². The minimum absolute atomic E-state index is 0.00511. The molecule has 8 heteroatoms. The first kappa shape index (κ1) is 23.7. The molecule has 0 aliphatic carbocycles. The minimum atomic E-state index is -0.881. The number of carbonyl (C=O) groups excluding carboxylic acids is 1. The van der Waals surface area contributed by atoms with Crippen molar-refractivity contribution in [1.29, 1.82) is 5.26 Å². The molecular weight excluding hydrogens is 442 g/mol. The summed E-state index contributed by atoms with van der Waals surface area (Å²) in [7, 11) is 4.02. The molecule has 4 rings (SSSR count). The molecular formula is C27H25N5O3. The van der Waals surface area contributed by atoms with E-state index in [4.69, 9.17) is 5.11 Å². The van der Waals surface area contributed by atoms with Gasteiger partial charge in [-0.3, -0.25) is 14.6 Å². The van der Waals surface area contributed by atoms with Gasteiger partial charge < -0.3 is 20.6 Å². The molecule has 8 nitrogen and oxygen atoms in total. The predicted molar refractivity (Wildman–Crippen MR) is 134 cm³/mol. The number of anilines is 2. The maximum Gasteiger partial charge on any atom is 0.303 e. The summed E-state index contributed by atoms with van der Waals surface area (Å²) in [6.45, 7) is 0.812. The monoisotopic (exact) mass is 467 g/mol. The Balaban J connectivity index is 1.75. The molecule has 1 aliphatic rings. The third-order valence-corrected chi connectivity index (χ3v) is 5.57. The molecule has 176 valence electrons. The lowest BCUT2D eigenvalue weighted by molar-refractivity contribution is -0.137. The van der Waals surface area contributed by atoms with Crippen molar-refractivity contribution in [2.45, 2.75) is 19.4 Å². The average molecular weight is 468 g/mol. The van der Waals surface area contributed by atoms with E-state index >= 15 is 0 Å². The summed E-state index contributed by atoms with van der Waals surface area (Å²) in [4.78, 5) is 30.5. The van der Waals surface area contributed by atoms with E-state index in [0.717, 1.165) is 17.8 Å². The summed E-state index contributed by atoms with van der Waals surface area (Å²) < 4.78 is 0. The fourth-order valence-corrected chi connectivity index (χ4v) is 3.93. The minimum Gasteiger partial charge on any atom is -0.481 e. The molecule has 1 aromatic heterocycles. The molecule has 0 spiro atoms. The van der Waals surface area contributed by atoms with E-state index in [2.05, 4.69) is 26.6 Å². The molecule has 1 amide bonds. The number of aromatic nitrogens is 1. The molecule has 1 aliphatic heterocycles. The lowest BCUT2D eigenvalue weighted by Gasteiger charge is -2.16. The van der Waals surface area contributed by atoms with Gasteiger partial charge in [-0.25, -0.2) is 0 Å². The van der Waals surface area contributed by atoms with Crippen molar-refractivity contribution >= 4 is 34.5 Å². The first-order valence-corrected chi connectivity index (χ1v) is 11.1. The van der Waals surface area contributed by atoms with Gasteiger partial charge in [0.15, 0.2) is 0 Å². The number of aliphatic carboxylic acids is 1. The van der Waals surface area contributed by atoms with Crippen LogP contribution in [0.5, 0.6) is 0 Å². The van der Waals surface area contributed by atoms with Crippen LogP contribution in [0.15, 0.2) is 60.8 Å². The van der Waals surface area contributed by atoms with Gasteiger partial charge in [-0.05, 0) is 56.1 Å². The molecule has 2 heterocycles. The van der Waals surface area contributed by atoms with Gasteiger partial charge in [0.1, 0.15) is 0 Å². The van der Waals surface area contributed by atoms with Crippen LogP contribution in [-0.2, 0) is 22.6 Å². The van der Waals surface area contributed by atoms with E-state index in [9.17, 15) is 14.9 Å². The van der Waals surface area contributed by atoms with Gasteiger partial charge in [0, 0.05) is 41.7 Å². The van der Waals surface area contributed by atoms with Crippen molar-refractivity contribution in [1.82, 2.24) is 9.88 Å². The van der Waals surface area contributed by atoms with Crippen LogP contribution in [0, 0.1) is 11.3 Å². The van der Waals surface area contributed by atoms with Crippen molar-refractivity contribution in [3.8, 4) is 6.07 Å². The number of carbonyl (C=O) groups is 2. The van der Waals surface area contributed by atoms with Gasteiger partial charge in [0.25, 0.3) is 5.91 Å². The van der Waals surface area contributed by atoms with Crippen LogP contribution >= 0.6 is 0 Å². The molecule has 0 atom stereocenters. The fraction of sp³-hybridized carbons (Fsp3) is 0.185. The Morgan fingerprint density at radius 2 is 1.91 bits per heavy atom. The standard InChI is InChI=1S/C27H25N5O3/c1-32(2)16-17-3-7-21(8-4-17)30-26(19-6-9-20(29-15-19)10-12-24(33)34)25-22-11-5-18(14-28)13-23(22)31-27(25)35/h3-9,11,13,15,30H,10,12,16H2,1-2H3,(H,31,35)(H,33,34)/b26-25-. The van der Waals surface area contributed by atoms with Crippen LogP contribution < -0.4 is 10.6 Å². The largest absolute Gasteiger partial charge is 0.481 e. The zero-order valence-corrected chi connectivity index (χ0v) is 19.5. The predicted octanol–water partition coefficient (Wildman–Crippen LogP) is 3.96. The molecule has 35 heavy (non-hydrogen) atoms. The Bertz CT molecular complexity index is 1340. The number of aryl methyl sites for hydroxylation is 1. The van der Waals surface area contributed by atoms with Crippen molar-refractivity contribution in [3.63, 3.8) is 0 Å². The van der Waals surface area contributed by atoms with Gasteiger partial charge in [0.2, 0.25) is 0 Å². The number of nitriles is 1. The second kappa shape index (κ2) is 10.2. The number of rotatable bonds is 8. The number of hydrogen-bond donors (Lipinski definition) is 3. The van der Waals surface area contributed by atoms with Crippen LogP contribution in [0.4, 0.5) is 11.4 Å². The first-order valence-electron chi connectivity index (χ1n) is 11.1. The Hall–Kier alpha value is -4.48. The Morgan fingerprint density at radius 3 is 2.54 bits per heavy atom. The molecule has 0 radical (unpaired) electrons. The third-order valence-electron chi connectivity index (χ3n) is 5.57. The van der Waals surface area contributed by atoms with Crippen LogP contribution in [-0.4, -0.2) is 41.0 Å². The SMILES string of the molecule is CN(C)Cc1ccc(N/C(=C2\C(=O)Nc3cc(C#N)ccc32)c2ccc(CCC(=O)O)nc2)cc1.